The molecule has 0 unspecified atom stereocenters. The fourth-order valence-corrected chi connectivity index (χ4v) is 5.85. The molecule has 31 heavy (non-hydrogen) atoms. The van der Waals surface area contributed by atoms with Gasteiger partial charge in [-0.15, -0.1) is 0 Å². The molecule has 2 aromatic carbocycles. The number of carbonyl (C=O) groups is 1. The zero-order chi connectivity index (χ0) is 22.1. The maximum Gasteiger partial charge on any atom is 0.341 e. The molecule has 1 saturated heterocycles. The van der Waals surface area contributed by atoms with E-state index in [1.165, 1.54) is 11.1 Å². The smallest absolute Gasteiger partial charge is 0.341 e. The molecular weight excluding hydrogens is 456 g/mol. The number of carboxylic acid groups (broad SMARTS) is 1. The molecule has 1 aliphatic carbocycles. The first-order valence-corrected chi connectivity index (χ1v) is 11.7. The third kappa shape index (κ3) is 4.58. The molecule has 0 amide bonds. The van der Waals surface area contributed by atoms with Crippen molar-refractivity contribution in [2.24, 2.45) is 5.92 Å². The van der Waals surface area contributed by atoms with E-state index in [2.05, 4.69) is 59.8 Å². The third-order valence-electron chi connectivity index (χ3n) is 6.53. The van der Waals surface area contributed by atoms with E-state index in [1.54, 1.807) is 0 Å². The Bertz CT molecular complexity index is 999. The van der Waals surface area contributed by atoms with Gasteiger partial charge in [0.25, 0.3) is 0 Å². The Morgan fingerprint density at radius 1 is 1.29 bits per heavy atom. The van der Waals surface area contributed by atoms with Gasteiger partial charge in [0.05, 0.1) is 16.7 Å². The van der Waals surface area contributed by atoms with Crippen molar-refractivity contribution in [1.29, 1.82) is 0 Å². The molecule has 2 aliphatic rings. The second-order valence-electron chi connectivity index (χ2n) is 8.83. The van der Waals surface area contributed by atoms with E-state index in [0.717, 1.165) is 46.9 Å². The van der Waals surface area contributed by atoms with Crippen molar-refractivity contribution in [3.8, 4) is 5.75 Å². The predicted molar refractivity (Wildman–Crippen MR) is 125 cm³/mol. The van der Waals surface area contributed by atoms with Gasteiger partial charge in [0.15, 0.2) is 6.61 Å². The summed E-state index contributed by atoms with van der Waals surface area (Å²) in [6.45, 7) is 7.99. The monoisotopic (exact) mass is 484 g/mol. The average Bonchev–Trinajstić information content (AvgIpc) is 2.90. The molecule has 4 nitrogen and oxygen atoms in total. The van der Waals surface area contributed by atoms with Gasteiger partial charge in [-0.2, -0.15) is 0 Å². The number of hydrogen-bond donors (Lipinski definition) is 1. The fraction of sp³-hybridized carbons (Fsp3) is 0.423. The maximum atomic E-state index is 11.2. The lowest BCUT2D eigenvalue weighted by Crippen LogP contribution is -2.36. The van der Waals surface area contributed by atoms with Gasteiger partial charge in [-0.3, -0.25) is 0 Å². The summed E-state index contributed by atoms with van der Waals surface area (Å²) in [5.41, 5.74) is 5.88. The van der Waals surface area contributed by atoms with Crippen LogP contribution in [-0.4, -0.2) is 23.8 Å². The first-order chi connectivity index (χ1) is 14.8. The van der Waals surface area contributed by atoms with E-state index in [1.807, 2.05) is 13.0 Å². The molecule has 0 spiro atoms. The predicted octanol–water partition coefficient (Wildman–Crippen LogP) is 6.36. The minimum atomic E-state index is -1.00. The standard InChI is InChI=1S/C26H29BrO4/c1-15(2)19-13-20-18-9-5-4-7-17(18)8-6-10-23(20)31-25(19)21-11-16(3)12-22(27)26(21)30-14-24(28)29/h4-5,7,9,11-12,19-20,23,25H,1,6,8,10,13-14H2,2-3H3,(H,28,29)/t19-,20-,23+,25+/m1/s1. The number of benzene rings is 2. The molecule has 4 atom stereocenters. The largest absolute Gasteiger partial charge is 0.480 e. The molecule has 1 N–H and O–H groups in total. The van der Waals surface area contributed by atoms with Crippen LogP contribution in [0.4, 0.5) is 0 Å². The van der Waals surface area contributed by atoms with E-state index in [-0.39, 0.29) is 18.1 Å². The van der Waals surface area contributed by atoms with Crippen molar-refractivity contribution in [3.05, 3.63) is 75.3 Å². The van der Waals surface area contributed by atoms with Gasteiger partial charge < -0.3 is 14.6 Å². The van der Waals surface area contributed by atoms with Gasteiger partial charge in [-0.25, -0.2) is 4.79 Å². The number of ether oxygens (including phenoxy) is 2. The minimum Gasteiger partial charge on any atom is -0.480 e. The van der Waals surface area contributed by atoms with Crippen molar-refractivity contribution in [1.82, 2.24) is 0 Å². The van der Waals surface area contributed by atoms with Crippen LogP contribution in [0.5, 0.6) is 5.75 Å². The number of carboxylic acids is 1. The summed E-state index contributed by atoms with van der Waals surface area (Å²) in [5, 5.41) is 9.15. The first kappa shape index (κ1) is 22.1. The van der Waals surface area contributed by atoms with E-state index in [4.69, 9.17) is 14.6 Å². The average molecular weight is 485 g/mol. The number of rotatable bonds is 5. The Labute approximate surface area is 192 Å². The number of aliphatic carboxylic acids is 1. The van der Waals surface area contributed by atoms with E-state index < -0.39 is 12.6 Å². The van der Waals surface area contributed by atoms with Crippen LogP contribution in [0.2, 0.25) is 0 Å². The number of halogens is 1. The molecule has 0 aromatic heterocycles. The summed E-state index contributed by atoms with van der Waals surface area (Å²) >= 11 is 3.58. The van der Waals surface area contributed by atoms with Crippen molar-refractivity contribution >= 4 is 21.9 Å². The highest BCUT2D eigenvalue weighted by Crippen LogP contribution is 2.51. The Kier molecular flexibility index (Phi) is 6.54. The molecular formula is C26H29BrO4. The van der Waals surface area contributed by atoms with Gasteiger partial charge in [-0.05, 0) is 84.3 Å². The highest BCUT2D eigenvalue weighted by molar-refractivity contribution is 9.10. The number of fused-ring (bicyclic) bond motifs is 3. The lowest BCUT2D eigenvalue weighted by atomic mass is 9.74. The summed E-state index contributed by atoms with van der Waals surface area (Å²) in [4.78, 5) is 11.2. The van der Waals surface area contributed by atoms with E-state index >= 15 is 0 Å². The van der Waals surface area contributed by atoms with Crippen LogP contribution >= 0.6 is 15.9 Å². The molecule has 5 heteroatoms. The van der Waals surface area contributed by atoms with Crippen molar-refractivity contribution in [2.75, 3.05) is 6.61 Å². The Morgan fingerprint density at radius 2 is 2.06 bits per heavy atom. The number of hydrogen-bond acceptors (Lipinski definition) is 3. The normalized spacial score (nSPS) is 25.1. The molecule has 0 bridgehead atoms. The summed E-state index contributed by atoms with van der Waals surface area (Å²) in [5.74, 6) is 0.0122. The molecule has 2 aromatic rings. The van der Waals surface area contributed by atoms with Crippen molar-refractivity contribution < 1.29 is 19.4 Å². The van der Waals surface area contributed by atoms with E-state index in [9.17, 15) is 4.79 Å². The molecule has 1 aliphatic heterocycles. The first-order valence-electron chi connectivity index (χ1n) is 10.9. The van der Waals surface area contributed by atoms with Gasteiger partial charge >= 0.3 is 5.97 Å². The quantitative estimate of drug-likeness (QED) is 0.501. The summed E-state index contributed by atoms with van der Waals surface area (Å²) in [6.07, 6.45) is 4.06. The van der Waals surface area contributed by atoms with Gasteiger partial charge in [0.2, 0.25) is 0 Å². The third-order valence-corrected chi connectivity index (χ3v) is 7.12. The van der Waals surface area contributed by atoms with Gasteiger partial charge in [-0.1, -0.05) is 36.4 Å². The summed E-state index contributed by atoms with van der Waals surface area (Å²) in [6, 6.07) is 12.8. The number of aryl methyl sites for hydroxylation is 2. The van der Waals surface area contributed by atoms with Crippen molar-refractivity contribution in [2.45, 2.75) is 57.7 Å². The fourth-order valence-electron chi connectivity index (χ4n) is 5.14. The molecule has 0 saturated carbocycles. The topological polar surface area (TPSA) is 55.8 Å². The lowest BCUT2D eigenvalue weighted by molar-refractivity contribution is -0.139. The Balaban J connectivity index is 1.75. The van der Waals surface area contributed by atoms with Crippen LogP contribution in [0.25, 0.3) is 0 Å². The second kappa shape index (κ2) is 9.17. The second-order valence-corrected chi connectivity index (χ2v) is 9.68. The molecule has 164 valence electrons. The molecule has 1 fully saturated rings. The van der Waals surface area contributed by atoms with Gasteiger partial charge in [0, 0.05) is 17.4 Å². The zero-order valence-electron chi connectivity index (χ0n) is 18.1. The highest BCUT2D eigenvalue weighted by atomic mass is 79.9. The summed E-state index contributed by atoms with van der Waals surface area (Å²) in [7, 11) is 0. The van der Waals surface area contributed by atoms with Crippen LogP contribution in [0.1, 0.15) is 60.5 Å². The van der Waals surface area contributed by atoms with Crippen LogP contribution < -0.4 is 4.74 Å². The van der Waals surface area contributed by atoms with Crippen LogP contribution in [0, 0.1) is 12.8 Å². The van der Waals surface area contributed by atoms with Crippen molar-refractivity contribution in [3.63, 3.8) is 0 Å². The Hall–Kier alpha value is -2.11. The highest BCUT2D eigenvalue weighted by Gasteiger charge is 2.42. The van der Waals surface area contributed by atoms with E-state index in [0.29, 0.717) is 11.7 Å². The molecule has 1 heterocycles. The summed E-state index contributed by atoms with van der Waals surface area (Å²) < 4.78 is 13.3. The SMILES string of the molecule is C=C(C)[C@H]1C[C@@H]2c3ccccc3CCC[C@@H]2O[C@@H]1c1cc(C)cc(Br)c1OCC(=O)O. The lowest BCUT2D eigenvalue weighted by Gasteiger charge is -2.43. The van der Waals surface area contributed by atoms with Crippen LogP contribution in [0.15, 0.2) is 53.0 Å². The Morgan fingerprint density at radius 3 is 2.81 bits per heavy atom. The van der Waals surface area contributed by atoms with Crippen LogP contribution in [-0.2, 0) is 16.0 Å². The van der Waals surface area contributed by atoms with Gasteiger partial charge in [0.1, 0.15) is 5.75 Å². The maximum absolute atomic E-state index is 11.2. The zero-order valence-corrected chi connectivity index (χ0v) is 19.7. The molecule has 0 radical (unpaired) electrons. The minimum absolute atomic E-state index is 0.119. The van der Waals surface area contributed by atoms with Crippen LogP contribution in [0.3, 0.4) is 0 Å². The molecule has 4 rings (SSSR count).